The van der Waals surface area contributed by atoms with Crippen LogP contribution in [-0.2, 0) is 4.79 Å². The smallest absolute Gasteiger partial charge is 0.245 e. The molecule has 0 bridgehead atoms. The van der Waals surface area contributed by atoms with Crippen LogP contribution in [0.1, 0.15) is 33.7 Å². The monoisotopic (exact) mass is 225 g/mol. The Bertz CT molecular complexity index is 344. The van der Waals surface area contributed by atoms with Gasteiger partial charge in [0.15, 0.2) is 0 Å². The van der Waals surface area contributed by atoms with E-state index in [0.717, 1.165) is 0 Å². The van der Waals surface area contributed by atoms with E-state index in [1.807, 2.05) is 0 Å². The van der Waals surface area contributed by atoms with Crippen molar-refractivity contribution in [2.24, 2.45) is 0 Å². The normalized spacial score (nSPS) is 15.6. The van der Waals surface area contributed by atoms with Crippen LogP contribution in [0.2, 0.25) is 0 Å². The maximum atomic E-state index is 11.9. The van der Waals surface area contributed by atoms with E-state index in [4.69, 9.17) is 0 Å². The van der Waals surface area contributed by atoms with E-state index in [1.54, 1.807) is 50.8 Å². The lowest BCUT2D eigenvalue weighted by Gasteiger charge is -2.30. The van der Waals surface area contributed by atoms with Crippen molar-refractivity contribution in [2.45, 2.75) is 45.4 Å². The summed E-state index contributed by atoms with van der Waals surface area (Å²) in [6, 6.07) is 1.39. The highest BCUT2D eigenvalue weighted by Crippen LogP contribution is 2.11. The minimum atomic E-state index is -0.640. The Balaban J connectivity index is 2.66. The number of hydrogen-bond donors (Lipinski definition) is 2. The molecule has 0 aliphatic heterocycles. The molecule has 0 aliphatic rings. The Kier molecular flexibility index (Phi) is 3.70. The first-order valence-corrected chi connectivity index (χ1v) is 5.34. The number of aliphatic hydroxyl groups excluding tert-OH is 1. The molecule has 2 atom stereocenters. The first kappa shape index (κ1) is 12.7. The van der Waals surface area contributed by atoms with Crippen molar-refractivity contribution in [3.63, 3.8) is 0 Å². The summed E-state index contributed by atoms with van der Waals surface area (Å²) in [5, 5.41) is 16.3. The second-order valence-electron chi connectivity index (χ2n) is 4.55. The molecule has 1 rings (SSSR count). The van der Waals surface area contributed by atoms with Gasteiger partial charge in [-0.3, -0.25) is 9.48 Å². The largest absolute Gasteiger partial charge is 0.391 e. The van der Waals surface area contributed by atoms with Gasteiger partial charge in [-0.15, -0.1) is 0 Å². The van der Waals surface area contributed by atoms with Crippen molar-refractivity contribution in [2.75, 3.05) is 0 Å². The fourth-order valence-corrected chi connectivity index (χ4v) is 1.16. The standard InChI is InChI=1S/C11H19N3O2/c1-8(14-7-5-6-12-14)10(16)13-11(3,4)9(2)15/h5-9,15H,1-4H3,(H,13,16). The maximum absolute atomic E-state index is 11.9. The number of nitrogens with zero attached hydrogens (tertiary/aromatic N) is 2. The molecular formula is C11H19N3O2. The van der Waals surface area contributed by atoms with Crippen LogP contribution >= 0.6 is 0 Å². The lowest BCUT2D eigenvalue weighted by molar-refractivity contribution is -0.127. The highest BCUT2D eigenvalue weighted by Gasteiger charge is 2.28. The van der Waals surface area contributed by atoms with Gasteiger partial charge >= 0.3 is 0 Å². The average Bonchev–Trinajstić information content (AvgIpc) is 2.68. The molecule has 1 aromatic heterocycles. The first-order valence-electron chi connectivity index (χ1n) is 5.34. The summed E-state index contributed by atoms with van der Waals surface area (Å²) in [7, 11) is 0. The number of carbonyl (C=O) groups is 1. The molecule has 0 radical (unpaired) electrons. The molecule has 16 heavy (non-hydrogen) atoms. The molecule has 0 spiro atoms. The first-order chi connectivity index (χ1) is 7.34. The summed E-state index contributed by atoms with van der Waals surface area (Å²) in [6.07, 6.45) is 2.75. The third-order valence-electron chi connectivity index (χ3n) is 2.79. The summed E-state index contributed by atoms with van der Waals surface area (Å²) >= 11 is 0. The van der Waals surface area contributed by atoms with Crippen molar-refractivity contribution in [1.29, 1.82) is 0 Å². The van der Waals surface area contributed by atoms with Gasteiger partial charge in [-0.05, 0) is 33.8 Å². The van der Waals surface area contributed by atoms with Crippen LogP contribution in [0.4, 0.5) is 0 Å². The number of aromatic nitrogens is 2. The molecule has 2 N–H and O–H groups in total. The summed E-state index contributed by atoms with van der Waals surface area (Å²) < 4.78 is 1.58. The molecule has 0 aliphatic carbocycles. The van der Waals surface area contributed by atoms with E-state index in [2.05, 4.69) is 10.4 Å². The Labute approximate surface area is 95.5 Å². The molecule has 0 aromatic carbocycles. The van der Waals surface area contributed by atoms with Crippen LogP contribution < -0.4 is 5.32 Å². The highest BCUT2D eigenvalue weighted by molar-refractivity contribution is 5.80. The third kappa shape index (κ3) is 2.82. The van der Waals surface area contributed by atoms with E-state index < -0.39 is 11.6 Å². The molecule has 0 saturated carbocycles. The number of carbonyl (C=O) groups excluding carboxylic acids is 1. The number of nitrogens with one attached hydrogen (secondary N) is 1. The lowest BCUT2D eigenvalue weighted by atomic mass is 9.98. The molecule has 2 unspecified atom stereocenters. The zero-order valence-electron chi connectivity index (χ0n) is 10.1. The Hall–Kier alpha value is -1.36. The van der Waals surface area contributed by atoms with E-state index >= 15 is 0 Å². The molecule has 0 fully saturated rings. The van der Waals surface area contributed by atoms with Crippen LogP contribution in [0.5, 0.6) is 0 Å². The van der Waals surface area contributed by atoms with Gasteiger partial charge in [-0.2, -0.15) is 5.10 Å². The summed E-state index contributed by atoms with van der Waals surface area (Å²) in [5.74, 6) is -0.158. The van der Waals surface area contributed by atoms with Crippen LogP contribution in [0.15, 0.2) is 18.5 Å². The van der Waals surface area contributed by atoms with E-state index in [0.29, 0.717) is 0 Å². The van der Waals surface area contributed by atoms with Crippen LogP contribution in [0.3, 0.4) is 0 Å². The van der Waals surface area contributed by atoms with Gasteiger partial charge in [0.25, 0.3) is 0 Å². The van der Waals surface area contributed by atoms with Crippen molar-refractivity contribution >= 4 is 5.91 Å². The number of aliphatic hydroxyl groups is 1. The summed E-state index contributed by atoms with van der Waals surface area (Å²) in [6.45, 7) is 6.98. The molecule has 5 nitrogen and oxygen atoms in total. The number of hydrogen-bond acceptors (Lipinski definition) is 3. The van der Waals surface area contributed by atoms with Crippen molar-refractivity contribution in [1.82, 2.24) is 15.1 Å². The minimum absolute atomic E-state index is 0.158. The van der Waals surface area contributed by atoms with E-state index in [-0.39, 0.29) is 11.9 Å². The molecule has 1 aromatic rings. The van der Waals surface area contributed by atoms with Crippen molar-refractivity contribution in [3.8, 4) is 0 Å². The molecule has 1 heterocycles. The molecule has 0 saturated heterocycles. The van der Waals surface area contributed by atoms with Gasteiger partial charge in [0.05, 0.1) is 11.6 Å². The van der Waals surface area contributed by atoms with Gasteiger partial charge in [0.2, 0.25) is 5.91 Å². The number of amides is 1. The Morgan fingerprint density at radius 2 is 2.12 bits per heavy atom. The fraction of sp³-hybridized carbons (Fsp3) is 0.636. The second kappa shape index (κ2) is 4.65. The SMILES string of the molecule is CC(C(=O)NC(C)(C)C(C)O)n1cccn1. The quantitative estimate of drug-likeness (QED) is 0.793. The predicted molar refractivity (Wildman–Crippen MR) is 60.8 cm³/mol. The zero-order valence-corrected chi connectivity index (χ0v) is 10.1. The van der Waals surface area contributed by atoms with Crippen LogP contribution in [0.25, 0.3) is 0 Å². The van der Waals surface area contributed by atoms with Crippen molar-refractivity contribution < 1.29 is 9.90 Å². The maximum Gasteiger partial charge on any atom is 0.245 e. The summed E-state index contributed by atoms with van der Waals surface area (Å²) in [5.41, 5.74) is -0.640. The van der Waals surface area contributed by atoms with Crippen molar-refractivity contribution in [3.05, 3.63) is 18.5 Å². The molecule has 1 amide bonds. The van der Waals surface area contributed by atoms with Gasteiger partial charge in [-0.25, -0.2) is 0 Å². The zero-order chi connectivity index (χ0) is 12.3. The minimum Gasteiger partial charge on any atom is -0.391 e. The van der Waals surface area contributed by atoms with E-state index in [1.165, 1.54) is 0 Å². The van der Waals surface area contributed by atoms with Gasteiger partial charge in [0, 0.05) is 12.4 Å². The predicted octanol–water partition coefficient (Wildman–Crippen LogP) is 0.720. The average molecular weight is 225 g/mol. The van der Waals surface area contributed by atoms with Gasteiger partial charge in [0.1, 0.15) is 6.04 Å². The molecular weight excluding hydrogens is 206 g/mol. The fourth-order valence-electron chi connectivity index (χ4n) is 1.16. The summed E-state index contributed by atoms with van der Waals surface area (Å²) in [4.78, 5) is 11.9. The Morgan fingerprint density at radius 3 is 2.56 bits per heavy atom. The second-order valence-corrected chi connectivity index (χ2v) is 4.55. The molecule has 5 heteroatoms. The molecule has 90 valence electrons. The topological polar surface area (TPSA) is 67.2 Å². The van der Waals surface area contributed by atoms with Gasteiger partial charge in [-0.1, -0.05) is 0 Å². The lowest BCUT2D eigenvalue weighted by Crippen LogP contribution is -2.52. The number of rotatable bonds is 4. The third-order valence-corrected chi connectivity index (χ3v) is 2.79. The van der Waals surface area contributed by atoms with Crippen LogP contribution in [-0.4, -0.2) is 32.4 Å². The van der Waals surface area contributed by atoms with E-state index in [9.17, 15) is 9.90 Å². The highest BCUT2D eigenvalue weighted by atomic mass is 16.3. The Morgan fingerprint density at radius 1 is 1.50 bits per heavy atom. The van der Waals surface area contributed by atoms with Crippen LogP contribution in [0, 0.1) is 0 Å². The van der Waals surface area contributed by atoms with Gasteiger partial charge < -0.3 is 10.4 Å².